The Morgan fingerprint density at radius 3 is 2.68 bits per heavy atom. The predicted molar refractivity (Wildman–Crippen MR) is 98.2 cm³/mol. The molecule has 1 atom stereocenters. The Bertz CT molecular complexity index is 1070. The zero-order chi connectivity index (χ0) is 19.8. The van der Waals surface area contributed by atoms with Gasteiger partial charge in [-0.2, -0.15) is 0 Å². The third kappa shape index (κ3) is 3.11. The summed E-state index contributed by atoms with van der Waals surface area (Å²) in [6, 6.07) is 8.73. The van der Waals surface area contributed by atoms with Gasteiger partial charge in [0.2, 0.25) is 0 Å². The van der Waals surface area contributed by atoms with Crippen molar-refractivity contribution in [3.8, 4) is 11.3 Å². The number of halogens is 3. The van der Waals surface area contributed by atoms with Gasteiger partial charge in [0.25, 0.3) is 5.91 Å². The second kappa shape index (κ2) is 7.24. The minimum atomic E-state index is -1.05. The summed E-state index contributed by atoms with van der Waals surface area (Å²) in [6.45, 7) is 0.336. The largest absolute Gasteiger partial charge is 0.394 e. The molecule has 0 aliphatic carbocycles. The predicted octanol–water partition coefficient (Wildman–Crippen LogP) is 3.92. The van der Waals surface area contributed by atoms with Crippen molar-refractivity contribution >= 4 is 16.8 Å². The van der Waals surface area contributed by atoms with E-state index in [1.54, 1.807) is 11.0 Å². The highest BCUT2D eigenvalue weighted by Crippen LogP contribution is 2.30. The van der Waals surface area contributed by atoms with E-state index in [1.807, 2.05) is 0 Å². The highest BCUT2D eigenvalue weighted by atomic mass is 19.2. The number of para-hydroxylation sites is 1. The lowest BCUT2D eigenvalue weighted by molar-refractivity contribution is 0.0679. The molecule has 0 spiro atoms. The van der Waals surface area contributed by atoms with Crippen molar-refractivity contribution in [3.63, 3.8) is 0 Å². The van der Waals surface area contributed by atoms with Crippen LogP contribution < -0.4 is 0 Å². The van der Waals surface area contributed by atoms with Crippen molar-refractivity contribution in [1.82, 2.24) is 9.88 Å². The molecule has 4 rings (SSSR count). The fraction of sp³-hybridized carbons (Fsp3) is 0.238. The zero-order valence-electron chi connectivity index (χ0n) is 14.8. The molecule has 7 heteroatoms. The topological polar surface area (TPSA) is 53.4 Å². The van der Waals surface area contributed by atoms with Crippen LogP contribution in [0.2, 0.25) is 0 Å². The van der Waals surface area contributed by atoms with Crippen molar-refractivity contribution in [1.29, 1.82) is 0 Å². The fourth-order valence-electron chi connectivity index (χ4n) is 3.64. The first-order chi connectivity index (χ1) is 13.5. The van der Waals surface area contributed by atoms with Crippen molar-refractivity contribution in [3.05, 3.63) is 65.5 Å². The molecule has 1 saturated heterocycles. The van der Waals surface area contributed by atoms with E-state index in [0.717, 1.165) is 18.6 Å². The van der Waals surface area contributed by atoms with E-state index in [4.69, 9.17) is 0 Å². The maximum atomic E-state index is 14.4. The summed E-state index contributed by atoms with van der Waals surface area (Å²) in [6.07, 6.45) is 1.46. The van der Waals surface area contributed by atoms with Crippen molar-refractivity contribution < 1.29 is 23.1 Å². The van der Waals surface area contributed by atoms with Gasteiger partial charge in [0, 0.05) is 17.5 Å². The SMILES string of the molecule is O=C(c1cc(-c2ccc(F)c(F)c2)nc2c(F)cccc12)N1CCC[C@@H]1CO. The molecule has 1 fully saturated rings. The number of pyridine rings is 1. The first kappa shape index (κ1) is 18.4. The molecule has 1 aliphatic rings. The first-order valence-corrected chi connectivity index (χ1v) is 8.96. The van der Waals surface area contributed by atoms with E-state index in [9.17, 15) is 23.1 Å². The smallest absolute Gasteiger partial charge is 0.254 e. The number of hydrogen-bond donors (Lipinski definition) is 1. The Labute approximate surface area is 159 Å². The van der Waals surface area contributed by atoms with Crippen LogP contribution in [0.3, 0.4) is 0 Å². The Kier molecular flexibility index (Phi) is 4.77. The Morgan fingerprint density at radius 2 is 1.93 bits per heavy atom. The summed E-state index contributed by atoms with van der Waals surface area (Å²) >= 11 is 0. The van der Waals surface area contributed by atoms with E-state index in [0.29, 0.717) is 18.4 Å². The van der Waals surface area contributed by atoms with Gasteiger partial charge in [0.15, 0.2) is 11.6 Å². The fourth-order valence-corrected chi connectivity index (χ4v) is 3.64. The molecule has 1 aromatic heterocycles. The zero-order valence-corrected chi connectivity index (χ0v) is 14.8. The van der Waals surface area contributed by atoms with Crippen LogP contribution in [0.25, 0.3) is 22.2 Å². The highest BCUT2D eigenvalue weighted by molar-refractivity contribution is 6.07. The maximum Gasteiger partial charge on any atom is 0.254 e. The van der Waals surface area contributed by atoms with Crippen molar-refractivity contribution in [2.24, 2.45) is 0 Å². The molecule has 1 N–H and O–H groups in total. The van der Waals surface area contributed by atoms with E-state index >= 15 is 0 Å². The molecule has 1 amide bonds. The first-order valence-electron chi connectivity index (χ1n) is 8.96. The minimum absolute atomic E-state index is 0.0205. The molecule has 1 aliphatic heterocycles. The Morgan fingerprint density at radius 1 is 1.11 bits per heavy atom. The summed E-state index contributed by atoms with van der Waals surface area (Å²) in [5, 5.41) is 9.87. The van der Waals surface area contributed by atoms with Gasteiger partial charge in [-0.25, -0.2) is 18.2 Å². The number of aliphatic hydroxyl groups excluding tert-OH is 1. The highest BCUT2D eigenvalue weighted by Gasteiger charge is 2.30. The average molecular weight is 386 g/mol. The lowest BCUT2D eigenvalue weighted by Crippen LogP contribution is -2.37. The third-order valence-electron chi connectivity index (χ3n) is 5.08. The number of nitrogens with zero attached hydrogens (tertiary/aromatic N) is 2. The lowest BCUT2D eigenvalue weighted by Gasteiger charge is -2.24. The minimum Gasteiger partial charge on any atom is -0.394 e. The molecular weight excluding hydrogens is 369 g/mol. The molecule has 28 heavy (non-hydrogen) atoms. The molecule has 0 bridgehead atoms. The van der Waals surface area contributed by atoms with Crippen LogP contribution in [0.1, 0.15) is 23.2 Å². The molecular formula is C21H17F3N2O2. The molecule has 0 saturated carbocycles. The quantitative estimate of drug-likeness (QED) is 0.743. The summed E-state index contributed by atoms with van der Waals surface area (Å²) in [7, 11) is 0. The van der Waals surface area contributed by atoms with Gasteiger partial charge in [-0.05, 0) is 43.2 Å². The third-order valence-corrected chi connectivity index (χ3v) is 5.08. The van der Waals surface area contributed by atoms with Crippen LogP contribution in [0.15, 0.2) is 42.5 Å². The van der Waals surface area contributed by atoms with Crippen LogP contribution in [0, 0.1) is 17.5 Å². The van der Waals surface area contributed by atoms with Crippen molar-refractivity contribution in [2.45, 2.75) is 18.9 Å². The Balaban J connectivity index is 1.90. The lowest BCUT2D eigenvalue weighted by atomic mass is 10.0. The van der Waals surface area contributed by atoms with E-state index in [2.05, 4.69) is 4.98 Å². The number of rotatable bonds is 3. The number of carbonyl (C=O) groups excluding carboxylic acids is 1. The van der Waals surface area contributed by atoms with Crippen molar-refractivity contribution in [2.75, 3.05) is 13.2 Å². The molecule has 3 aromatic rings. The van der Waals surface area contributed by atoms with Crippen LogP contribution in [-0.2, 0) is 0 Å². The molecule has 2 aromatic carbocycles. The normalized spacial score (nSPS) is 16.7. The molecule has 0 radical (unpaired) electrons. The maximum absolute atomic E-state index is 14.4. The number of aromatic nitrogens is 1. The number of hydrogen-bond acceptors (Lipinski definition) is 3. The number of carbonyl (C=O) groups is 1. The van der Waals surface area contributed by atoms with Crippen LogP contribution in [0.5, 0.6) is 0 Å². The summed E-state index contributed by atoms with van der Waals surface area (Å²) in [5.74, 6) is -3.02. The number of fused-ring (bicyclic) bond motifs is 1. The number of likely N-dealkylation sites (tertiary alicyclic amines) is 1. The summed E-state index contributed by atoms with van der Waals surface area (Å²) < 4.78 is 41.4. The van der Waals surface area contributed by atoms with Gasteiger partial charge in [-0.15, -0.1) is 0 Å². The standard InChI is InChI=1S/C21H17F3N2O2/c22-16-7-6-12(9-18(16)24)19-10-15(14-4-1-5-17(23)20(14)25-19)21(28)26-8-2-3-13(26)11-27/h1,4-7,9-10,13,27H,2-3,8,11H2/t13-/m1/s1. The monoisotopic (exact) mass is 386 g/mol. The van der Waals surface area contributed by atoms with E-state index in [-0.39, 0.29) is 40.9 Å². The van der Waals surface area contributed by atoms with Gasteiger partial charge >= 0.3 is 0 Å². The molecule has 0 unspecified atom stereocenters. The summed E-state index contributed by atoms with van der Waals surface area (Å²) in [5.41, 5.74) is 0.593. The van der Waals surface area contributed by atoms with Gasteiger partial charge in [0.05, 0.1) is 23.9 Å². The molecule has 4 nitrogen and oxygen atoms in total. The van der Waals surface area contributed by atoms with Crippen LogP contribution in [0.4, 0.5) is 13.2 Å². The number of aliphatic hydroxyl groups is 1. The molecule has 144 valence electrons. The summed E-state index contributed by atoms with van der Waals surface area (Å²) in [4.78, 5) is 19.0. The number of benzene rings is 2. The van der Waals surface area contributed by atoms with Crippen LogP contribution in [-0.4, -0.2) is 40.1 Å². The number of amides is 1. The van der Waals surface area contributed by atoms with Gasteiger partial charge in [-0.3, -0.25) is 4.79 Å². The van der Waals surface area contributed by atoms with Gasteiger partial charge in [-0.1, -0.05) is 12.1 Å². The molecule has 2 heterocycles. The van der Waals surface area contributed by atoms with E-state index < -0.39 is 17.5 Å². The Hall–Kier alpha value is -2.93. The average Bonchev–Trinajstić information content (AvgIpc) is 3.18. The van der Waals surface area contributed by atoms with Gasteiger partial charge in [0.1, 0.15) is 11.3 Å². The van der Waals surface area contributed by atoms with Crippen LogP contribution >= 0.6 is 0 Å². The van der Waals surface area contributed by atoms with E-state index in [1.165, 1.54) is 24.3 Å². The van der Waals surface area contributed by atoms with Gasteiger partial charge < -0.3 is 10.0 Å². The second-order valence-corrected chi connectivity index (χ2v) is 6.80. The second-order valence-electron chi connectivity index (χ2n) is 6.80.